The van der Waals surface area contributed by atoms with Gasteiger partial charge in [-0.25, -0.2) is 9.48 Å². The zero-order chi connectivity index (χ0) is 32.6. The molecule has 11 nitrogen and oxygen atoms in total. The maximum absolute atomic E-state index is 14.4. The van der Waals surface area contributed by atoms with Gasteiger partial charge >= 0.3 is 6.09 Å². The van der Waals surface area contributed by atoms with E-state index in [4.69, 9.17) is 9.47 Å². The van der Waals surface area contributed by atoms with E-state index in [1.54, 1.807) is 16.7 Å². The van der Waals surface area contributed by atoms with Gasteiger partial charge < -0.3 is 24.2 Å². The standard InChI is InChI=1S/C34H52N6O5/c1-25(2)21-37(32(42)31-29(16-11-13-19-44-6)40(36-35-31)27-14-8-7-9-15-27)22-26-20-28(39-18-12-10-17-30(39)41)24-38(23-26)33(43)45-34(3,4)5/h7-9,14-15,25-26,28H,10-13,16-24H2,1-6H3/t26-,28-/m1/s1. The number of hydrogen-bond donors (Lipinski definition) is 0. The molecule has 3 heterocycles. The van der Waals surface area contributed by atoms with E-state index >= 15 is 0 Å². The molecule has 2 aromatic rings. The van der Waals surface area contributed by atoms with Crippen LogP contribution in [0.1, 0.15) is 89.3 Å². The highest BCUT2D eigenvalue weighted by Gasteiger charge is 2.39. The minimum Gasteiger partial charge on any atom is -0.444 e. The van der Waals surface area contributed by atoms with Crippen molar-refractivity contribution in [2.75, 3.05) is 46.4 Å². The first-order chi connectivity index (χ1) is 21.5. The third-order valence-electron chi connectivity index (χ3n) is 8.30. The molecule has 248 valence electrons. The van der Waals surface area contributed by atoms with Crippen LogP contribution in [0.15, 0.2) is 30.3 Å². The molecule has 0 saturated carbocycles. The lowest BCUT2D eigenvalue weighted by Crippen LogP contribution is -2.57. The smallest absolute Gasteiger partial charge is 0.410 e. The molecule has 0 N–H and O–H groups in total. The minimum atomic E-state index is -0.635. The van der Waals surface area contributed by atoms with Gasteiger partial charge in [0, 0.05) is 58.9 Å². The highest BCUT2D eigenvalue weighted by atomic mass is 16.6. The summed E-state index contributed by atoms with van der Waals surface area (Å²) in [7, 11) is 1.69. The maximum Gasteiger partial charge on any atom is 0.410 e. The highest BCUT2D eigenvalue weighted by Crippen LogP contribution is 2.28. The zero-order valence-electron chi connectivity index (χ0n) is 28.0. The van der Waals surface area contributed by atoms with E-state index in [-0.39, 0.29) is 35.8 Å². The number of carbonyl (C=O) groups is 3. The summed E-state index contributed by atoms with van der Waals surface area (Å²) in [6.07, 6.45) is 5.06. The Morgan fingerprint density at radius 2 is 1.84 bits per heavy atom. The average molecular weight is 625 g/mol. The van der Waals surface area contributed by atoms with E-state index in [0.29, 0.717) is 64.3 Å². The summed E-state index contributed by atoms with van der Waals surface area (Å²) >= 11 is 0. The predicted molar refractivity (Wildman–Crippen MR) is 172 cm³/mol. The van der Waals surface area contributed by atoms with E-state index in [9.17, 15) is 14.4 Å². The Kier molecular flexibility index (Phi) is 12.0. The fraction of sp³-hybridized carbons (Fsp3) is 0.676. The van der Waals surface area contributed by atoms with Crippen LogP contribution in [0.2, 0.25) is 0 Å². The number of carbonyl (C=O) groups excluding carboxylic acids is 3. The van der Waals surface area contributed by atoms with Gasteiger partial charge in [0.25, 0.3) is 5.91 Å². The van der Waals surface area contributed by atoms with E-state index in [1.165, 1.54) is 0 Å². The predicted octanol–water partition coefficient (Wildman–Crippen LogP) is 4.97. The van der Waals surface area contributed by atoms with Gasteiger partial charge in [-0.05, 0) is 83.3 Å². The van der Waals surface area contributed by atoms with Crippen molar-refractivity contribution in [1.29, 1.82) is 0 Å². The van der Waals surface area contributed by atoms with Crippen LogP contribution in [0.4, 0.5) is 4.79 Å². The van der Waals surface area contributed by atoms with Crippen LogP contribution < -0.4 is 0 Å². The molecule has 11 heteroatoms. The Morgan fingerprint density at radius 1 is 1.09 bits per heavy atom. The van der Waals surface area contributed by atoms with Crippen LogP contribution in [0.5, 0.6) is 0 Å². The van der Waals surface area contributed by atoms with Gasteiger partial charge in [-0.2, -0.15) is 0 Å². The summed E-state index contributed by atoms with van der Waals surface area (Å²) in [6, 6.07) is 9.65. The quantitative estimate of drug-likeness (QED) is 0.307. The van der Waals surface area contributed by atoms with Gasteiger partial charge in [-0.3, -0.25) is 9.59 Å². The molecule has 2 aliphatic heterocycles. The number of rotatable bonds is 12. The molecule has 0 spiro atoms. The number of piperidine rings is 2. The number of ether oxygens (including phenoxy) is 2. The van der Waals surface area contributed by atoms with E-state index in [0.717, 1.165) is 37.1 Å². The molecule has 2 saturated heterocycles. The Bertz CT molecular complexity index is 1270. The second-order valence-electron chi connectivity index (χ2n) is 13.9. The average Bonchev–Trinajstić information content (AvgIpc) is 3.42. The van der Waals surface area contributed by atoms with Gasteiger partial charge in [0.2, 0.25) is 5.91 Å². The first-order valence-corrected chi connectivity index (χ1v) is 16.5. The highest BCUT2D eigenvalue weighted by molar-refractivity contribution is 5.93. The Hall–Kier alpha value is -3.47. The van der Waals surface area contributed by atoms with Crippen LogP contribution in [0.3, 0.4) is 0 Å². The zero-order valence-corrected chi connectivity index (χ0v) is 28.0. The number of amides is 3. The molecule has 0 aliphatic carbocycles. The molecule has 0 bridgehead atoms. The van der Waals surface area contributed by atoms with Crippen LogP contribution >= 0.6 is 0 Å². The summed E-state index contributed by atoms with van der Waals surface area (Å²) in [5.41, 5.74) is 1.37. The number of para-hydroxylation sites is 1. The fourth-order valence-electron chi connectivity index (χ4n) is 6.37. The molecule has 45 heavy (non-hydrogen) atoms. The molecular formula is C34H52N6O5. The second kappa shape index (κ2) is 15.7. The number of aromatic nitrogens is 3. The van der Waals surface area contributed by atoms with Crippen molar-refractivity contribution in [3.8, 4) is 5.69 Å². The Labute approximate surface area is 268 Å². The number of likely N-dealkylation sites (tertiary alicyclic amines) is 2. The lowest BCUT2D eigenvalue weighted by atomic mass is 9.91. The van der Waals surface area contributed by atoms with Crippen molar-refractivity contribution >= 4 is 17.9 Å². The largest absolute Gasteiger partial charge is 0.444 e. The molecule has 2 fully saturated rings. The van der Waals surface area contributed by atoms with Crippen LogP contribution in [-0.4, -0.2) is 106 Å². The van der Waals surface area contributed by atoms with E-state index in [2.05, 4.69) is 24.2 Å². The summed E-state index contributed by atoms with van der Waals surface area (Å²) in [5.74, 6) is 0.158. The summed E-state index contributed by atoms with van der Waals surface area (Å²) in [4.78, 5) is 46.2. The first kappa shape index (κ1) is 34.4. The van der Waals surface area contributed by atoms with E-state index < -0.39 is 5.60 Å². The molecule has 0 unspecified atom stereocenters. The van der Waals surface area contributed by atoms with Gasteiger partial charge in [0.05, 0.1) is 11.4 Å². The third kappa shape index (κ3) is 9.51. The summed E-state index contributed by atoms with van der Waals surface area (Å²) in [5, 5.41) is 8.89. The Balaban J connectivity index is 1.61. The van der Waals surface area contributed by atoms with Crippen molar-refractivity contribution in [2.24, 2.45) is 11.8 Å². The normalized spacial score (nSPS) is 19.2. The second-order valence-corrected chi connectivity index (χ2v) is 13.9. The molecule has 4 rings (SSSR count). The fourth-order valence-corrected chi connectivity index (χ4v) is 6.37. The van der Waals surface area contributed by atoms with Crippen molar-refractivity contribution in [3.63, 3.8) is 0 Å². The van der Waals surface area contributed by atoms with Crippen LogP contribution in [-0.2, 0) is 20.7 Å². The molecule has 1 aromatic heterocycles. The van der Waals surface area contributed by atoms with Crippen LogP contribution in [0, 0.1) is 11.8 Å². The molecule has 3 amide bonds. The minimum absolute atomic E-state index is 0.0389. The SMILES string of the molecule is COCCCCc1c(C(=O)N(CC(C)C)C[C@H]2C[C@@H](N3CCCCC3=O)CN(C(=O)OC(C)(C)C)C2)nnn1-c1ccccc1. The number of methoxy groups -OCH3 is 1. The molecular weight excluding hydrogens is 572 g/mol. The number of unbranched alkanes of at least 4 members (excludes halogenated alkanes) is 1. The van der Waals surface area contributed by atoms with E-state index in [1.807, 2.05) is 60.9 Å². The summed E-state index contributed by atoms with van der Waals surface area (Å²) < 4.78 is 12.8. The van der Waals surface area contributed by atoms with Crippen molar-refractivity contribution in [2.45, 2.75) is 91.2 Å². The molecule has 0 radical (unpaired) electrons. The lowest BCUT2D eigenvalue weighted by Gasteiger charge is -2.45. The lowest BCUT2D eigenvalue weighted by molar-refractivity contribution is -0.137. The van der Waals surface area contributed by atoms with Crippen molar-refractivity contribution in [3.05, 3.63) is 41.7 Å². The van der Waals surface area contributed by atoms with Crippen molar-refractivity contribution in [1.82, 2.24) is 29.7 Å². The van der Waals surface area contributed by atoms with Gasteiger partial charge in [-0.15, -0.1) is 5.10 Å². The van der Waals surface area contributed by atoms with Gasteiger partial charge in [0.15, 0.2) is 5.69 Å². The van der Waals surface area contributed by atoms with Gasteiger partial charge in [-0.1, -0.05) is 37.3 Å². The Morgan fingerprint density at radius 3 is 2.51 bits per heavy atom. The molecule has 2 aliphatic rings. The molecule has 1 aromatic carbocycles. The van der Waals surface area contributed by atoms with Crippen molar-refractivity contribution < 1.29 is 23.9 Å². The third-order valence-corrected chi connectivity index (χ3v) is 8.30. The number of benzene rings is 1. The summed E-state index contributed by atoms with van der Waals surface area (Å²) in [6.45, 7) is 13.0. The topological polar surface area (TPSA) is 110 Å². The first-order valence-electron chi connectivity index (χ1n) is 16.5. The molecule has 2 atom stereocenters. The maximum atomic E-state index is 14.4. The number of hydrogen-bond acceptors (Lipinski definition) is 7. The monoisotopic (exact) mass is 624 g/mol. The number of nitrogens with zero attached hydrogens (tertiary/aromatic N) is 6. The van der Waals surface area contributed by atoms with Gasteiger partial charge in [0.1, 0.15) is 5.60 Å². The van der Waals surface area contributed by atoms with Crippen LogP contribution in [0.25, 0.3) is 5.69 Å².